The molecule has 2 aliphatic rings. The highest BCUT2D eigenvalue weighted by Crippen LogP contribution is 2.34. The number of carbonyl (C=O) groups excluding carboxylic acids is 2. The van der Waals surface area contributed by atoms with Crippen LogP contribution in [0.25, 0.3) is 0 Å². The highest BCUT2D eigenvalue weighted by atomic mass is 16.7. The summed E-state index contributed by atoms with van der Waals surface area (Å²) in [6.07, 6.45) is 2.13. The van der Waals surface area contributed by atoms with Crippen LogP contribution in [0.3, 0.4) is 0 Å². The molecule has 3 aromatic carbocycles. The van der Waals surface area contributed by atoms with E-state index in [9.17, 15) is 9.59 Å². The second kappa shape index (κ2) is 10.1. The zero-order valence-corrected chi connectivity index (χ0v) is 19.5. The maximum Gasteiger partial charge on any atom is 0.257 e. The van der Waals surface area contributed by atoms with Gasteiger partial charge in [-0.1, -0.05) is 30.3 Å². The third-order valence-corrected chi connectivity index (χ3v) is 6.05. The van der Waals surface area contributed by atoms with Gasteiger partial charge in [-0.25, -0.2) is 0 Å². The summed E-state index contributed by atoms with van der Waals surface area (Å²) in [7, 11) is 1.65. The minimum absolute atomic E-state index is 0.163. The Morgan fingerprint density at radius 3 is 2.57 bits per heavy atom. The Bertz CT molecular complexity index is 1240. The fraction of sp³-hybridized carbons (Fsp3) is 0.259. The second-order valence-electron chi connectivity index (χ2n) is 8.56. The van der Waals surface area contributed by atoms with Crippen molar-refractivity contribution in [1.82, 2.24) is 4.90 Å². The molecule has 1 aliphatic heterocycles. The molecule has 0 saturated heterocycles. The summed E-state index contributed by atoms with van der Waals surface area (Å²) in [4.78, 5) is 28.2. The second-order valence-corrected chi connectivity index (χ2v) is 8.56. The van der Waals surface area contributed by atoms with Crippen LogP contribution in [0, 0.1) is 0 Å². The first kappa shape index (κ1) is 22.7. The van der Waals surface area contributed by atoms with Gasteiger partial charge in [0.25, 0.3) is 5.91 Å². The number of hydrogen-bond acceptors (Lipinski definition) is 6. The van der Waals surface area contributed by atoms with E-state index in [0.29, 0.717) is 41.0 Å². The van der Waals surface area contributed by atoms with Crippen molar-refractivity contribution < 1.29 is 23.8 Å². The van der Waals surface area contributed by atoms with Gasteiger partial charge in [0, 0.05) is 29.9 Å². The Morgan fingerprint density at radius 2 is 1.74 bits per heavy atom. The van der Waals surface area contributed by atoms with Gasteiger partial charge in [-0.15, -0.1) is 0 Å². The Hall–Kier alpha value is -4.04. The molecule has 35 heavy (non-hydrogen) atoms. The summed E-state index contributed by atoms with van der Waals surface area (Å²) in [6, 6.07) is 20.4. The van der Waals surface area contributed by atoms with E-state index >= 15 is 0 Å². The average molecular weight is 474 g/mol. The smallest absolute Gasteiger partial charge is 0.257 e. The van der Waals surface area contributed by atoms with Crippen LogP contribution in [0.15, 0.2) is 66.7 Å². The first-order valence-corrected chi connectivity index (χ1v) is 11.6. The average Bonchev–Trinajstić information content (AvgIpc) is 3.61. The molecule has 3 aromatic rings. The topological polar surface area (TPSA) is 89.1 Å². The van der Waals surface area contributed by atoms with E-state index in [4.69, 9.17) is 14.2 Å². The molecule has 1 heterocycles. The van der Waals surface area contributed by atoms with Crippen molar-refractivity contribution in [2.24, 2.45) is 0 Å². The predicted molar refractivity (Wildman–Crippen MR) is 132 cm³/mol. The Morgan fingerprint density at radius 1 is 0.971 bits per heavy atom. The van der Waals surface area contributed by atoms with Crippen LogP contribution in [0.1, 0.15) is 28.8 Å². The van der Waals surface area contributed by atoms with Gasteiger partial charge in [-0.05, 0) is 43.2 Å². The number of rotatable bonds is 9. The van der Waals surface area contributed by atoms with Crippen LogP contribution in [-0.2, 0) is 11.3 Å². The van der Waals surface area contributed by atoms with Crippen molar-refractivity contribution in [2.45, 2.75) is 25.4 Å². The molecule has 8 heteroatoms. The van der Waals surface area contributed by atoms with Gasteiger partial charge in [-0.2, -0.15) is 0 Å². The summed E-state index contributed by atoms with van der Waals surface area (Å²) in [5, 5.41) is 5.79. The first-order chi connectivity index (χ1) is 17.1. The van der Waals surface area contributed by atoms with Gasteiger partial charge in [0.2, 0.25) is 12.7 Å². The van der Waals surface area contributed by atoms with Gasteiger partial charge in [0.15, 0.2) is 11.5 Å². The van der Waals surface area contributed by atoms with Gasteiger partial charge >= 0.3 is 0 Å². The molecule has 5 rings (SSSR count). The normalized spacial score (nSPS) is 14.0. The van der Waals surface area contributed by atoms with Crippen LogP contribution < -0.4 is 24.8 Å². The zero-order valence-electron chi connectivity index (χ0n) is 19.5. The molecule has 0 unspecified atom stereocenters. The van der Waals surface area contributed by atoms with Crippen molar-refractivity contribution in [3.63, 3.8) is 0 Å². The third-order valence-electron chi connectivity index (χ3n) is 6.05. The van der Waals surface area contributed by atoms with Crippen molar-refractivity contribution in [2.75, 3.05) is 31.1 Å². The molecule has 0 radical (unpaired) electrons. The van der Waals surface area contributed by atoms with Gasteiger partial charge < -0.3 is 24.8 Å². The molecule has 0 atom stereocenters. The fourth-order valence-corrected chi connectivity index (χ4v) is 4.14. The molecule has 0 spiro atoms. The monoisotopic (exact) mass is 473 g/mol. The van der Waals surface area contributed by atoms with Crippen molar-refractivity contribution >= 4 is 23.2 Å². The molecule has 0 bridgehead atoms. The van der Waals surface area contributed by atoms with Crippen molar-refractivity contribution in [3.8, 4) is 17.2 Å². The summed E-state index contributed by atoms with van der Waals surface area (Å²) < 4.78 is 16.2. The number of anilines is 2. The maximum atomic E-state index is 13.0. The number of methoxy groups -OCH3 is 1. The number of carbonyl (C=O) groups is 2. The summed E-state index contributed by atoms with van der Waals surface area (Å²) in [5.74, 6) is 1.54. The minimum Gasteiger partial charge on any atom is -0.496 e. The van der Waals surface area contributed by atoms with E-state index in [0.717, 1.165) is 24.2 Å². The summed E-state index contributed by atoms with van der Waals surface area (Å²) in [6.45, 7) is 1.01. The zero-order chi connectivity index (χ0) is 24.2. The maximum absolute atomic E-state index is 13.0. The molecule has 1 saturated carbocycles. The standard InChI is InChI=1S/C27H27N3O5/c1-33-23-9-5-2-6-18(23)15-30(20-11-12-20)16-26(31)29-22-8-4-3-7-21(22)27(32)28-19-10-13-24-25(14-19)35-17-34-24/h2-10,13-14,20H,11-12,15-17H2,1H3,(H,28,32)(H,29,31). The minimum atomic E-state index is -0.326. The number of hydrogen-bond donors (Lipinski definition) is 2. The molecule has 8 nitrogen and oxygen atoms in total. The van der Waals surface area contributed by atoms with Crippen molar-refractivity contribution in [1.29, 1.82) is 0 Å². The van der Waals surface area contributed by atoms with Gasteiger partial charge in [-0.3, -0.25) is 14.5 Å². The lowest BCUT2D eigenvalue weighted by atomic mass is 10.1. The Labute approximate surface area is 203 Å². The van der Waals surface area contributed by atoms with E-state index < -0.39 is 0 Å². The number of nitrogens with one attached hydrogen (secondary N) is 2. The third kappa shape index (κ3) is 5.38. The fourth-order valence-electron chi connectivity index (χ4n) is 4.14. The lowest BCUT2D eigenvalue weighted by molar-refractivity contribution is -0.117. The van der Waals surface area contributed by atoms with Crippen LogP contribution in [-0.4, -0.2) is 43.2 Å². The summed E-state index contributed by atoms with van der Waals surface area (Å²) >= 11 is 0. The Kier molecular flexibility index (Phi) is 6.54. The number of fused-ring (bicyclic) bond motifs is 1. The molecule has 1 aliphatic carbocycles. The van der Waals surface area contributed by atoms with Crippen molar-refractivity contribution in [3.05, 3.63) is 77.9 Å². The number of para-hydroxylation sites is 2. The summed E-state index contributed by atoms with van der Waals surface area (Å²) in [5.41, 5.74) is 2.46. The number of amides is 2. The van der Waals surface area contributed by atoms with E-state index in [1.807, 2.05) is 24.3 Å². The van der Waals surface area contributed by atoms with E-state index in [-0.39, 0.29) is 25.2 Å². The highest BCUT2D eigenvalue weighted by Gasteiger charge is 2.31. The van der Waals surface area contributed by atoms with E-state index in [1.54, 1.807) is 49.6 Å². The van der Waals surface area contributed by atoms with Crippen LogP contribution in [0.4, 0.5) is 11.4 Å². The van der Waals surface area contributed by atoms with Gasteiger partial charge in [0.1, 0.15) is 5.75 Å². The van der Waals surface area contributed by atoms with Gasteiger partial charge in [0.05, 0.1) is 24.9 Å². The molecule has 2 N–H and O–H groups in total. The SMILES string of the molecule is COc1ccccc1CN(CC(=O)Nc1ccccc1C(=O)Nc1ccc2c(c1)OCO2)C1CC1. The van der Waals surface area contributed by atoms with E-state index in [1.165, 1.54) is 0 Å². The van der Waals surface area contributed by atoms with Crippen LogP contribution >= 0.6 is 0 Å². The van der Waals surface area contributed by atoms with Crippen LogP contribution in [0.5, 0.6) is 17.2 Å². The lowest BCUT2D eigenvalue weighted by Crippen LogP contribution is -2.35. The Balaban J connectivity index is 1.26. The molecule has 0 aromatic heterocycles. The molecule has 180 valence electrons. The molecule has 1 fully saturated rings. The quantitative estimate of drug-likeness (QED) is 0.482. The van der Waals surface area contributed by atoms with Crippen LogP contribution in [0.2, 0.25) is 0 Å². The number of benzene rings is 3. The highest BCUT2D eigenvalue weighted by molar-refractivity contribution is 6.10. The van der Waals surface area contributed by atoms with E-state index in [2.05, 4.69) is 15.5 Å². The number of ether oxygens (including phenoxy) is 3. The molecule has 2 amide bonds. The molecular weight excluding hydrogens is 446 g/mol. The number of nitrogens with zero attached hydrogens (tertiary/aromatic N) is 1. The predicted octanol–water partition coefficient (Wildman–Crippen LogP) is 4.28. The first-order valence-electron chi connectivity index (χ1n) is 11.6. The molecular formula is C27H27N3O5. The lowest BCUT2D eigenvalue weighted by Gasteiger charge is -2.23. The largest absolute Gasteiger partial charge is 0.496 e.